The maximum Gasteiger partial charge on any atom is 0.191 e. The van der Waals surface area contributed by atoms with E-state index in [1.165, 1.54) is 71.0 Å². The molecular formula is C19H39IN4. The first kappa shape index (κ1) is 22.0. The molecule has 1 saturated carbocycles. The van der Waals surface area contributed by atoms with Crippen molar-refractivity contribution in [3.8, 4) is 0 Å². The summed E-state index contributed by atoms with van der Waals surface area (Å²) in [6.07, 6.45) is 11.2. The summed E-state index contributed by atoms with van der Waals surface area (Å²) in [6.45, 7) is 11.1. The van der Waals surface area contributed by atoms with Gasteiger partial charge < -0.3 is 15.5 Å². The zero-order valence-corrected chi connectivity index (χ0v) is 18.2. The van der Waals surface area contributed by atoms with Crippen LogP contribution in [0.3, 0.4) is 0 Å². The molecular weight excluding hydrogens is 411 g/mol. The minimum atomic E-state index is 0. The molecule has 2 fully saturated rings. The average Bonchev–Trinajstić information content (AvgIpc) is 3.10. The lowest BCUT2D eigenvalue weighted by Crippen LogP contribution is -2.40. The molecule has 2 N–H and O–H groups in total. The van der Waals surface area contributed by atoms with E-state index in [1.54, 1.807) is 0 Å². The summed E-state index contributed by atoms with van der Waals surface area (Å²) in [7, 11) is 0. The molecule has 2 aliphatic rings. The zero-order valence-electron chi connectivity index (χ0n) is 15.9. The number of nitrogens with one attached hydrogen (secondary N) is 2. The molecule has 24 heavy (non-hydrogen) atoms. The fourth-order valence-corrected chi connectivity index (χ4v) is 4.05. The van der Waals surface area contributed by atoms with E-state index in [2.05, 4.69) is 29.4 Å². The van der Waals surface area contributed by atoms with E-state index >= 15 is 0 Å². The van der Waals surface area contributed by atoms with Crippen molar-refractivity contribution in [3.63, 3.8) is 0 Å². The molecule has 0 aromatic heterocycles. The van der Waals surface area contributed by atoms with Gasteiger partial charge in [-0.2, -0.15) is 0 Å². The SMILES string of the molecule is CCNC(=NCC1CCCN(CC)C1)NCCCC1CCCC1.I. The molecule has 1 aliphatic carbocycles. The Morgan fingerprint density at radius 1 is 1.04 bits per heavy atom. The van der Waals surface area contributed by atoms with Crippen molar-refractivity contribution < 1.29 is 0 Å². The third kappa shape index (κ3) is 8.37. The molecule has 0 amide bonds. The highest BCUT2D eigenvalue weighted by Gasteiger charge is 2.18. The first-order valence-corrected chi connectivity index (χ1v) is 10.1. The summed E-state index contributed by atoms with van der Waals surface area (Å²) in [5.41, 5.74) is 0. The van der Waals surface area contributed by atoms with Gasteiger partial charge in [-0.1, -0.05) is 32.6 Å². The highest BCUT2D eigenvalue weighted by molar-refractivity contribution is 14.0. The van der Waals surface area contributed by atoms with Crippen LogP contribution in [-0.4, -0.2) is 50.1 Å². The van der Waals surface area contributed by atoms with Crippen LogP contribution in [0.2, 0.25) is 0 Å². The number of nitrogens with zero attached hydrogens (tertiary/aromatic N) is 2. The monoisotopic (exact) mass is 450 g/mol. The lowest BCUT2D eigenvalue weighted by atomic mass is 9.98. The second kappa shape index (κ2) is 13.2. The lowest BCUT2D eigenvalue weighted by Gasteiger charge is -2.31. The first-order valence-electron chi connectivity index (χ1n) is 10.1. The van der Waals surface area contributed by atoms with E-state index in [9.17, 15) is 0 Å². The van der Waals surface area contributed by atoms with E-state index in [0.29, 0.717) is 0 Å². The largest absolute Gasteiger partial charge is 0.357 e. The summed E-state index contributed by atoms with van der Waals surface area (Å²) in [5, 5.41) is 6.94. The smallest absolute Gasteiger partial charge is 0.191 e. The molecule has 0 radical (unpaired) electrons. The van der Waals surface area contributed by atoms with Crippen LogP contribution in [0, 0.1) is 11.8 Å². The minimum Gasteiger partial charge on any atom is -0.357 e. The van der Waals surface area contributed by atoms with E-state index in [4.69, 9.17) is 4.99 Å². The van der Waals surface area contributed by atoms with Crippen molar-refractivity contribution in [2.24, 2.45) is 16.8 Å². The molecule has 1 heterocycles. The van der Waals surface area contributed by atoms with Gasteiger partial charge in [0.25, 0.3) is 0 Å². The second-order valence-corrected chi connectivity index (χ2v) is 7.34. The minimum absolute atomic E-state index is 0. The second-order valence-electron chi connectivity index (χ2n) is 7.34. The van der Waals surface area contributed by atoms with Gasteiger partial charge in [-0.3, -0.25) is 4.99 Å². The standard InChI is InChI=1S/C19H38N4.HI/c1-3-20-19(21-13-7-11-17-9-5-6-10-17)22-15-18-12-8-14-23(4-2)16-18;/h17-18H,3-16H2,1-2H3,(H2,20,21,22);1H. The van der Waals surface area contributed by atoms with Gasteiger partial charge in [0, 0.05) is 26.2 Å². The van der Waals surface area contributed by atoms with Crippen molar-refractivity contribution in [1.29, 1.82) is 0 Å². The van der Waals surface area contributed by atoms with Gasteiger partial charge in [0.2, 0.25) is 0 Å². The van der Waals surface area contributed by atoms with Crippen LogP contribution >= 0.6 is 24.0 Å². The Balaban J connectivity index is 0.00000288. The molecule has 0 aromatic carbocycles. The van der Waals surface area contributed by atoms with Crippen molar-refractivity contribution >= 4 is 29.9 Å². The molecule has 1 atom stereocenters. The van der Waals surface area contributed by atoms with Crippen LogP contribution in [-0.2, 0) is 0 Å². The lowest BCUT2D eigenvalue weighted by molar-refractivity contribution is 0.186. The normalized spacial score (nSPS) is 23.1. The number of hydrogen-bond donors (Lipinski definition) is 2. The van der Waals surface area contributed by atoms with Gasteiger partial charge in [-0.05, 0) is 57.5 Å². The Labute approximate surface area is 166 Å². The number of guanidine groups is 1. The van der Waals surface area contributed by atoms with Gasteiger partial charge >= 0.3 is 0 Å². The summed E-state index contributed by atoms with van der Waals surface area (Å²) in [6, 6.07) is 0. The van der Waals surface area contributed by atoms with Gasteiger partial charge in [0.05, 0.1) is 0 Å². The van der Waals surface area contributed by atoms with Gasteiger partial charge in [-0.25, -0.2) is 0 Å². The number of hydrogen-bond acceptors (Lipinski definition) is 2. The third-order valence-electron chi connectivity index (χ3n) is 5.46. The maximum absolute atomic E-state index is 4.84. The van der Waals surface area contributed by atoms with E-state index in [-0.39, 0.29) is 24.0 Å². The Hall–Kier alpha value is -0.0400. The molecule has 0 aromatic rings. The Kier molecular flexibility index (Phi) is 12.1. The third-order valence-corrected chi connectivity index (χ3v) is 5.46. The molecule has 1 aliphatic heterocycles. The number of rotatable bonds is 8. The highest BCUT2D eigenvalue weighted by Crippen LogP contribution is 2.28. The predicted molar refractivity (Wildman–Crippen MR) is 115 cm³/mol. The van der Waals surface area contributed by atoms with Crippen molar-refractivity contribution in [3.05, 3.63) is 0 Å². The van der Waals surface area contributed by atoms with E-state index in [0.717, 1.165) is 37.4 Å². The molecule has 1 unspecified atom stereocenters. The molecule has 0 bridgehead atoms. The van der Waals surface area contributed by atoms with Crippen LogP contribution in [0.4, 0.5) is 0 Å². The van der Waals surface area contributed by atoms with Crippen molar-refractivity contribution in [2.45, 2.75) is 65.2 Å². The van der Waals surface area contributed by atoms with Crippen molar-refractivity contribution in [2.75, 3.05) is 39.3 Å². The summed E-state index contributed by atoms with van der Waals surface area (Å²) in [5.74, 6) is 2.75. The highest BCUT2D eigenvalue weighted by atomic mass is 127. The number of likely N-dealkylation sites (tertiary alicyclic amines) is 1. The van der Waals surface area contributed by atoms with E-state index < -0.39 is 0 Å². The average molecular weight is 450 g/mol. The fraction of sp³-hybridized carbons (Fsp3) is 0.947. The van der Waals surface area contributed by atoms with Crippen LogP contribution < -0.4 is 10.6 Å². The number of halogens is 1. The first-order chi connectivity index (χ1) is 11.3. The Bertz CT molecular complexity index is 342. The quantitative estimate of drug-likeness (QED) is 0.255. The van der Waals surface area contributed by atoms with Gasteiger partial charge in [0.15, 0.2) is 5.96 Å². The molecule has 0 spiro atoms. The van der Waals surface area contributed by atoms with Crippen LogP contribution in [0.15, 0.2) is 4.99 Å². The van der Waals surface area contributed by atoms with Gasteiger partial charge in [0.1, 0.15) is 0 Å². The summed E-state index contributed by atoms with van der Waals surface area (Å²) >= 11 is 0. The Morgan fingerprint density at radius 3 is 2.50 bits per heavy atom. The molecule has 142 valence electrons. The van der Waals surface area contributed by atoms with Crippen molar-refractivity contribution in [1.82, 2.24) is 15.5 Å². The fourth-order valence-electron chi connectivity index (χ4n) is 4.05. The molecule has 4 nitrogen and oxygen atoms in total. The molecule has 1 saturated heterocycles. The number of piperidine rings is 1. The molecule has 2 rings (SSSR count). The van der Waals surface area contributed by atoms with Crippen LogP contribution in [0.25, 0.3) is 0 Å². The summed E-state index contributed by atoms with van der Waals surface area (Å²) < 4.78 is 0. The van der Waals surface area contributed by atoms with E-state index in [1.807, 2.05) is 0 Å². The number of aliphatic imine (C=N–C) groups is 1. The topological polar surface area (TPSA) is 39.7 Å². The predicted octanol–water partition coefficient (Wildman–Crippen LogP) is 3.86. The van der Waals surface area contributed by atoms with Gasteiger partial charge in [-0.15, -0.1) is 24.0 Å². The summed E-state index contributed by atoms with van der Waals surface area (Å²) in [4.78, 5) is 7.40. The maximum atomic E-state index is 4.84. The molecule has 5 heteroatoms. The Morgan fingerprint density at radius 2 is 1.79 bits per heavy atom. The van der Waals surface area contributed by atoms with Crippen LogP contribution in [0.5, 0.6) is 0 Å². The zero-order chi connectivity index (χ0) is 16.3. The van der Waals surface area contributed by atoms with Crippen LogP contribution in [0.1, 0.15) is 65.2 Å².